The first-order valence-corrected chi connectivity index (χ1v) is 9.12. The number of nitrogens with zero attached hydrogens (tertiary/aromatic N) is 1. The summed E-state index contributed by atoms with van der Waals surface area (Å²) in [7, 11) is -3.04. The molecule has 1 heterocycles. The molecule has 1 atom stereocenters. The maximum absolute atomic E-state index is 12.1. The molecule has 0 spiro atoms. The van der Waals surface area contributed by atoms with Crippen molar-refractivity contribution >= 4 is 21.8 Å². The van der Waals surface area contributed by atoms with Gasteiger partial charge in [0.15, 0.2) is 0 Å². The van der Waals surface area contributed by atoms with E-state index in [-0.39, 0.29) is 11.8 Å². The summed E-state index contributed by atoms with van der Waals surface area (Å²) in [6.07, 6.45) is 1.80. The molecule has 1 aliphatic rings. The molecular formula is C11H24N2O2S2. The second-order valence-electron chi connectivity index (χ2n) is 4.45. The van der Waals surface area contributed by atoms with Crippen molar-refractivity contribution in [1.29, 1.82) is 0 Å². The molecule has 0 bridgehead atoms. The van der Waals surface area contributed by atoms with Gasteiger partial charge in [0.25, 0.3) is 0 Å². The van der Waals surface area contributed by atoms with E-state index in [4.69, 9.17) is 0 Å². The second-order valence-corrected chi connectivity index (χ2v) is 7.65. The molecule has 1 saturated heterocycles. The molecule has 0 aromatic carbocycles. The monoisotopic (exact) mass is 280 g/mol. The summed E-state index contributed by atoms with van der Waals surface area (Å²) in [6, 6.07) is 0.155. The minimum atomic E-state index is -3.04. The molecule has 1 aliphatic heterocycles. The highest BCUT2D eigenvalue weighted by atomic mass is 32.2. The van der Waals surface area contributed by atoms with Crippen LogP contribution in [-0.2, 0) is 10.0 Å². The highest BCUT2D eigenvalue weighted by Gasteiger charge is 2.28. The molecular weight excluding hydrogens is 256 g/mol. The molecule has 102 valence electrons. The van der Waals surface area contributed by atoms with Crippen molar-refractivity contribution in [3.63, 3.8) is 0 Å². The quantitative estimate of drug-likeness (QED) is 0.711. The summed E-state index contributed by atoms with van der Waals surface area (Å²) in [5.41, 5.74) is 0. The van der Waals surface area contributed by atoms with Crippen LogP contribution in [0.15, 0.2) is 0 Å². The lowest BCUT2D eigenvalue weighted by molar-refractivity contribution is 0.367. The minimum Gasteiger partial charge on any atom is -0.317 e. The van der Waals surface area contributed by atoms with E-state index in [1.807, 2.05) is 18.7 Å². The fraction of sp³-hybridized carbons (Fsp3) is 1.00. The predicted molar refractivity (Wildman–Crippen MR) is 75.1 cm³/mol. The highest BCUT2D eigenvalue weighted by Crippen LogP contribution is 2.19. The zero-order valence-corrected chi connectivity index (χ0v) is 12.4. The van der Waals surface area contributed by atoms with E-state index < -0.39 is 10.0 Å². The molecule has 1 rings (SSSR count). The van der Waals surface area contributed by atoms with E-state index in [9.17, 15) is 8.42 Å². The third kappa shape index (κ3) is 5.16. The van der Waals surface area contributed by atoms with Gasteiger partial charge in [0.1, 0.15) is 0 Å². The Morgan fingerprint density at radius 3 is 2.82 bits per heavy atom. The Morgan fingerprint density at radius 2 is 2.18 bits per heavy atom. The average molecular weight is 280 g/mol. The maximum atomic E-state index is 12.1. The average Bonchev–Trinajstić information content (AvgIpc) is 2.29. The van der Waals surface area contributed by atoms with Crippen LogP contribution in [0, 0.1) is 0 Å². The van der Waals surface area contributed by atoms with Crippen LogP contribution in [0.25, 0.3) is 0 Å². The summed E-state index contributed by atoms with van der Waals surface area (Å²) >= 11 is 1.84. The minimum absolute atomic E-state index is 0.155. The summed E-state index contributed by atoms with van der Waals surface area (Å²) in [6.45, 7) is 6.55. The molecule has 1 fully saturated rings. The van der Waals surface area contributed by atoms with Crippen LogP contribution in [-0.4, -0.2) is 55.7 Å². The highest BCUT2D eigenvalue weighted by molar-refractivity contribution is 7.99. The molecule has 0 radical (unpaired) electrons. The van der Waals surface area contributed by atoms with Crippen LogP contribution in [0.5, 0.6) is 0 Å². The van der Waals surface area contributed by atoms with Gasteiger partial charge in [0.05, 0.1) is 5.75 Å². The largest absolute Gasteiger partial charge is 0.317 e. The zero-order chi connectivity index (χ0) is 12.7. The first-order valence-electron chi connectivity index (χ1n) is 6.36. The fourth-order valence-electron chi connectivity index (χ4n) is 1.92. The van der Waals surface area contributed by atoms with Gasteiger partial charge in [0, 0.05) is 24.1 Å². The number of sulfonamides is 1. The van der Waals surface area contributed by atoms with Gasteiger partial charge >= 0.3 is 0 Å². The van der Waals surface area contributed by atoms with Crippen molar-refractivity contribution in [1.82, 2.24) is 9.62 Å². The van der Waals surface area contributed by atoms with Gasteiger partial charge in [0.2, 0.25) is 10.0 Å². The van der Waals surface area contributed by atoms with E-state index in [1.165, 1.54) is 0 Å². The Labute approximate surface area is 110 Å². The molecule has 0 saturated carbocycles. The second kappa shape index (κ2) is 7.61. The smallest absolute Gasteiger partial charge is 0.214 e. The Hall–Kier alpha value is 0.220. The van der Waals surface area contributed by atoms with E-state index in [0.29, 0.717) is 13.0 Å². The Kier molecular flexibility index (Phi) is 6.84. The molecule has 0 amide bonds. The lowest BCUT2D eigenvalue weighted by Crippen LogP contribution is -2.45. The topological polar surface area (TPSA) is 49.4 Å². The molecule has 6 heteroatoms. The van der Waals surface area contributed by atoms with Crippen LogP contribution < -0.4 is 5.32 Å². The van der Waals surface area contributed by atoms with Crippen molar-refractivity contribution in [2.75, 3.05) is 36.9 Å². The number of nitrogens with one attached hydrogen (secondary N) is 1. The molecule has 1 N–H and O–H groups in total. The van der Waals surface area contributed by atoms with Gasteiger partial charge in [-0.25, -0.2) is 8.42 Å². The SMILES string of the molecule is CCCNCCCS(=O)(=O)N1CCSCC1C. The number of thioether (sulfide) groups is 1. The van der Waals surface area contributed by atoms with Gasteiger partial charge in [-0.15, -0.1) is 0 Å². The van der Waals surface area contributed by atoms with Crippen molar-refractivity contribution in [3.05, 3.63) is 0 Å². The summed E-state index contributed by atoms with van der Waals surface area (Å²) in [4.78, 5) is 0. The molecule has 17 heavy (non-hydrogen) atoms. The Balaban J connectivity index is 2.34. The first-order chi connectivity index (χ1) is 8.08. The van der Waals surface area contributed by atoms with E-state index in [1.54, 1.807) is 4.31 Å². The lowest BCUT2D eigenvalue weighted by atomic mass is 10.4. The number of hydrogen-bond acceptors (Lipinski definition) is 4. The molecule has 1 unspecified atom stereocenters. The lowest BCUT2D eigenvalue weighted by Gasteiger charge is -2.31. The van der Waals surface area contributed by atoms with Crippen LogP contribution in [0.1, 0.15) is 26.7 Å². The molecule has 0 aliphatic carbocycles. The summed E-state index contributed by atoms with van der Waals surface area (Å²) in [5, 5.41) is 3.23. The van der Waals surface area contributed by atoms with Gasteiger partial charge in [-0.1, -0.05) is 6.92 Å². The Morgan fingerprint density at radius 1 is 1.41 bits per heavy atom. The van der Waals surface area contributed by atoms with Gasteiger partial charge < -0.3 is 5.32 Å². The van der Waals surface area contributed by atoms with Crippen molar-refractivity contribution in [2.45, 2.75) is 32.7 Å². The van der Waals surface area contributed by atoms with Gasteiger partial charge in [-0.05, 0) is 32.9 Å². The van der Waals surface area contributed by atoms with Crippen molar-refractivity contribution < 1.29 is 8.42 Å². The summed E-state index contributed by atoms with van der Waals surface area (Å²) < 4.78 is 25.9. The van der Waals surface area contributed by atoms with Crippen LogP contribution in [0.2, 0.25) is 0 Å². The van der Waals surface area contributed by atoms with Gasteiger partial charge in [-0.3, -0.25) is 0 Å². The van der Waals surface area contributed by atoms with E-state index >= 15 is 0 Å². The Bertz CT molecular complexity index is 307. The normalized spacial score (nSPS) is 22.8. The third-order valence-corrected chi connectivity index (χ3v) is 6.10. The zero-order valence-electron chi connectivity index (χ0n) is 10.8. The first kappa shape index (κ1) is 15.3. The number of rotatable bonds is 7. The number of hydrogen-bond donors (Lipinski definition) is 1. The molecule has 4 nitrogen and oxygen atoms in total. The fourth-order valence-corrected chi connectivity index (χ4v) is 4.88. The van der Waals surface area contributed by atoms with E-state index in [2.05, 4.69) is 12.2 Å². The molecule has 0 aromatic rings. The standard InChI is InChI=1S/C11H24N2O2S2/c1-3-5-12-6-4-9-17(14,15)13-7-8-16-10-11(13)2/h11-12H,3-10H2,1-2H3. The molecule has 0 aromatic heterocycles. The van der Waals surface area contributed by atoms with Crippen molar-refractivity contribution in [2.24, 2.45) is 0 Å². The third-order valence-electron chi connectivity index (χ3n) is 2.85. The van der Waals surface area contributed by atoms with Crippen LogP contribution in [0.4, 0.5) is 0 Å². The van der Waals surface area contributed by atoms with Gasteiger partial charge in [-0.2, -0.15) is 16.1 Å². The predicted octanol–water partition coefficient (Wildman–Crippen LogP) is 1.14. The van der Waals surface area contributed by atoms with Crippen molar-refractivity contribution in [3.8, 4) is 0 Å². The van der Waals surface area contributed by atoms with E-state index in [0.717, 1.165) is 31.0 Å². The van der Waals surface area contributed by atoms with Crippen LogP contribution in [0.3, 0.4) is 0 Å². The maximum Gasteiger partial charge on any atom is 0.214 e. The van der Waals surface area contributed by atoms with Crippen LogP contribution >= 0.6 is 11.8 Å². The summed E-state index contributed by atoms with van der Waals surface area (Å²) in [5.74, 6) is 2.13.